The molecule has 6 heteroatoms. The van der Waals surface area contributed by atoms with Gasteiger partial charge >= 0.3 is 0 Å². The van der Waals surface area contributed by atoms with Crippen molar-refractivity contribution in [3.8, 4) is 11.1 Å². The van der Waals surface area contributed by atoms with Crippen LogP contribution in [0.25, 0.3) is 40.0 Å². The van der Waals surface area contributed by atoms with Crippen LogP contribution in [0.3, 0.4) is 0 Å². The largest absolute Gasteiger partial charge is 0.403 e. The lowest BCUT2D eigenvalue weighted by Gasteiger charge is -2.08. The molecule has 0 bridgehead atoms. The fraction of sp³-hybridized carbons (Fsp3) is 0.0400. The van der Waals surface area contributed by atoms with Crippen LogP contribution in [0.5, 0.6) is 0 Å². The summed E-state index contributed by atoms with van der Waals surface area (Å²) in [4.78, 5) is 11.6. The van der Waals surface area contributed by atoms with Gasteiger partial charge in [-0.3, -0.25) is 4.98 Å². The van der Waals surface area contributed by atoms with Crippen LogP contribution in [0.4, 0.5) is 10.1 Å². The summed E-state index contributed by atoms with van der Waals surface area (Å²) in [6, 6.07) is 11.3. The molecule has 0 amide bonds. The first-order valence-corrected chi connectivity index (χ1v) is 9.76. The molecule has 4 N–H and O–H groups in total. The summed E-state index contributed by atoms with van der Waals surface area (Å²) in [6.45, 7) is 8.50. The van der Waals surface area contributed by atoms with E-state index in [1.807, 2.05) is 42.5 Å². The number of anilines is 1. The predicted octanol–water partition coefficient (Wildman–Crippen LogP) is 3.55. The van der Waals surface area contributed by atoms with E-state index in [9.17, 15) is 0 Å². The van der Waals surface area contributed by atoms with Crippen LogP contribution in [-0.4, -0.2) is 21.5 Å². The second-order valence-electron chi connectivity index (χ2n) is 6.98. The van der Waals surface area contributed by atoms with Gasteiger partial charge in [0, 0.05) is 47.0 Å². The van der Waals surface area contributed by atoms with Crippen molar-refractivity contribution in [2.45, 2.75) is 0 Å². The fourth-order valence-electron chi connectivity index (χ4n) is 3.49. The molecule has 0 spiro atoms. The van der Waals surface area contributed by atoms with Crippen LogP contribution in [-0.2, 0) is 0 Å². The van der Waals surface area contributed by atoms with E-state index < -0.39 is 5.82 Å². The van der Waals surface area contributed by atoms with Crippen molar-refractivity contribution in [1.82, 2.24) is 15.0 Å². The summed E-state index contributed by atoms with van der Waals surface area (Å²) < 4.78 is 15.1. The third-order valence-electron chi connectivity index (χ3n) is 4.99. The number of nitrogens with one attached hydrogen (secondary N) is 2. The highest BCUT2D eigenvalue weighted by molar-refractivity contribution is 5.98. The van der Waals surface area contributed by atoms with Gasteiger partial charge in [-0.25, -0.2) is 9.37 Å². The highest BCUT2D eigenvalue weighted by Crippen LogP contribution is 2.29. The Kier molecular flexibility index (Phi) is 5.62. The number of hydrogen-bond donors (Lipinski definition) is 3. The highest BCUT2D eigenvalue weighted by Gasteiger charge is 2.15. The minimum Gasteiger partial charge on any atom is -0.403 e. The molecule has 0 aliphatic carbocycles. The molecular formula is C25H22FN5. The smallest absolute Gasteiger partial charge is 0.150 e. The Morgan fingerprint density at radius 3 is 2.68 bits per heavy atom. The maximum absolute atomic E-state index is 15.1. The molecule has 0 aliphatic rings. The van der Waals surface area contributed by atoms with Crippen LogP contribution in [0, 0.1) is 5.82 Å². The number of nitrogens with two attached hydrogens (primary N) is 1. The van der Waals surface area contributed by atoms with E-state index in [1.54, 1.807) is 18.5 Å². The number of aromatic nitrogens is 3. The van der Waals surface area contributed by atoms with Crippen LogP contribution in [0.2, 0.25) is 0 Å². The van der Waals surface area contributed by atoms with Crippen LogP contribution < -0.4 is 21.6 Å². The van der Waals surface area contributed by atoms with Gasteiger partial charge in [-0.05, 0) is 41.0 Å². The molecule has 0 saturated heterocycles. The van der Waals surface area contributed by atoms with Crippen LogP contribution in [0.1, 0.15) is 5.56 Å². The number of halogens is 1. The monoisotopic (exact) mass is 411 g/mol. The summed E-state index contributed by atoms with van der Waals surface area (Å²) in [5.41, 5.74) is 10.1. The third-order valence-corrected chi connectivity index (χ3v) is 4.99. The zero-order chi connectivity index (χ0) is 21.8. The Balaban J connectivity index is 1.94. The highest BCUT2D eigenvalue weighted by atomic mass is 19.1. The number of rotatable bonds is 6. The van der Waals surface area contributed by atoms with Gasteiger partial charge in [-0.15, -0.1) is 6.58 Å². The predicted molar refractivity (Wildman–Crippen MR) is 126 cm³/mol. The van der Waals surface area contributed by atoms with E-state index in [-0.39, 0.29) is 0 Å². The lowest BCUT2D eigenvalue weighted by Crippen LogP contribution is -2.24. The van der Waals surface area contributed by atoms with E-state index in [0.29, 0.717) is 28.5 Å². The van der Waals surface area contributed by atoms with Crippen molar-refractivity contribution in [1.29, 1.82) is 0 Å². The second-order valence-corrected chi connectivity index (χ2v) is 6.98. The van der Waals surface area contributed by atoms with Crippen LogP contribution >= 0.6 is 0 Å². The Bertz CT molecular complexity index is 1370. The SMILES string of the molecule is C=CCNc1ccc(-c2c(F)cnc3[nH]c(=C/N)/c(=C\C(=C)c4cccnc4)c23)cc1. The number of pyridine rings is 2. The lowest BCUT2D eigenvalue weighted by atomic mass is 10.0. The summed E-state index contributed by atoms with van der Waals surface area (Å²) in [6.07, 6.45) is 9.76. The molecule has 154 valence electrons. The molecule has 4 aromatic rings. The number of allylic oxidation sites excluding steroid dienone is 1. The summed E-state index contributed by atoms with van der Waals surface area (Å²) >= 11 is 0. The summed E-state index contributed by atoms with van der Waals surface area (Å²) in [7, 11) is 0. The molecule has 3 aromatic heterocycles. The first-order valence-electron chi connectivity index (χ1n) is 9.76. The molecule has 4 rings (SSSR count). The zero-order valence-electron chi connectivity index (χ0n) is 16.9. The quantitative estimate of drug-likeness (QED) is 0.424. The molecule has 31 heavy (non-hydrogen) atoms. The van der Waals surface area contributed by atoms with E-state index in [2.05, 4.69) is 33.4 Å². The summed E-state index contributed by atoms with van der Waals surface area (Å²) in [5, 5.41) is 5.23. The molecule has 0 radical (unpaired) electrons. The molecule has 0 aliphatic heterocycles. The molecular weight excluding hydrogens is 389 g/mol. The maximum Gasteiger partial charge on any atom is 0.150 e. The Hall–Kier alpha value is -4.19. The molecule has 0 unspecified atom stereocenters. The molecule has 0 saturated carbocycles. The number of aromatic amines is 1. The van der Waals surface area contributed by atoms with Gasteiger partial charge in [0.1, 0.15) is 11.5 Å². The average Bonchev–Trinajstić information content (AvgIpc) is 3.16. The van der Waals surface area contributed by atoms with Gasteiger partial charge in [0.15, 0.2) is 0 Å². The normalized spacial score (nSPS) is 12.3. The number of H-pyrrole nitrogens is 1. The number of fused-ring (bicyclic) bond motifs is 1. The van der Waals surface area contributed by atoms with Gasteiger partial charge in [-0.2, -0.15) is 0 Å². The number of nitrogens with zero attached hydrogens (tertiary/aromatic N) is 2. The van der Waals surface area contributed by atoms with Gasteiger partial charge in [0.2, 0.25) is 0 Å². The number of hydrogen-bond acceptors (Lipinski definition) is 4. The van der Waals surface area contributed by atoms with Crippen molar-refractivity contribution in [3.63, 3.8) is 0 Å². The average molecular weight is 411 g/mol. The third kappa shape index (κ3) is 3.96. The van der Waals surface area contributed by atoms with Gasteiger partial charge in [-0.1, -0.05) is 30.9 Å². The molecule has 0 fully saturated rings. The van der Waals surface area contributed by atoms with Crippen molar-refractivity contribution in [2.75, 3.05) is 11.9 Å². The lowest BCUT2D eigenvalue weighted by molar-refractivity contribution is 0.627. The Morgan fingerprint density at radius 1 is 1.19 bits per heavy atom. The van der Waals surface area contributed by atoms with Crippen LogP contribution in [0.15, 0.2) is 74.2 Å². The van der Waals surface area contributed by atoms with Crippen molar-refractivity contribution in [2.24, 2.45) is 5.73 Å². The Labute approximate surface area is 179 Å². The van der Waals surface area contributed by atoms with E-state index >= 15 is 4.39 Å². The number of benzene rings is 1. The van der Waals surface area contributed by atoms with E-state index in [0.717, 1.165) is 27.6 Å². The molecule has 0 atom stereocenters. The summed E-state index contributed by atoms with van der Waals surface area (Å²) in [5.74, 6) is -0.413. The topological polar surface area (TPSA) is 79.6 Å². The van der Waals surface area contributed by atoms with Gasteiger partial charge in [0.05, 0.1) is 11.5 Å². The first kappa shape index (κ1) is 20.1. The fourth-order valence-corrected chi connectivity index (χ4v) is 3.49. The van der Waals surface area contributed by atoms with E-state index in [1.165, 1.54) is 12.4 Å². The van der Waals surface area contributed by atoms with Gasteiger partial charge < -0.3 is 16.0 Å². The van der Waals surface area contributed by atoms with Crippen molar-refractivity contribution in [3.05, 3.63) is 96.2 Å². The standard InChI is InChI=1S/C25H22FN5/c1-3-10-29-19-8-6-17(7-9-19)23-21(26)15-30-25-24(23)20(22(13-27)31-25)12-16(2)18-5-4-11-28-14-18/h3-9,11-15,29H,1-2,10,27H2,(H,30,31)/b20-12+,22-13+. The van der Waals surface area contributed by atoms with E-state index in [4.69, 9.17) is 5.73 Å². The maximum atomic E-state index is 15.1. The Morgan fingerprint density at radius 2 is 2.00 bits per heavy atom. The first-order chi connectivity index (χ1) is 15.1. The molecule has 5 nitrogen and oxygen atoms in total. The minimum absolute atomic E-state index is 0.413. The zero-order valence-corrected chi connectivity index (χ0v) is 16.9. The second kappa shape index (κ2) is 8.67. The van der Waals surface area contributed by atoms with Crippen molar-refractivity contribution >= 4 is 34.6 Å². The molecule has 1 aromatic carbocycles. The molecule has 3 heterocycles. The van der Waals surface area contributed by atoms with Gasteiger partial charge in [0.25, 0.3) is 0 Å². The van der Waals surface area contributed by atoms with Crippen molar-refractivity contribution < 1.29 is 4.39 Å². The minimum atomic E-state index is -0.413.